The minimum absolute atomic E-state index is 0.348. The summed E-state index contributed by atoms with van der Waals surface area (Å²) in [6.45, 7) is 5.37. The van der Waals surface area contributed by atoms with Crippen LogP contribution in [0.3, 0.4) is 0 Å². The van der Waals surface area contributed by atoms with Crippen LogP contribution in [0.5, 0.6) is 0 Å². The topological polar surface area (TPSA) is 101 Å². The smallest absolute Gasteiger partial charge is 0.191 e. The van der Waals surface area contributed by atoms with E-state index in [2.05, 4.69) is 25.8 Å². The lowest BCUT2D eigenvalue weighted by molar-refractivity contribution is 0.601. The van der Waals surface area contributed by atoms with Gasteiger partial charge in [0.25, 0.3) is 0 Å². The summed E-state index contributed by atoms with van der Waals surface area (Å²) < 4.78 is 25.5. The van der Waals surface area contributed by atoms with Crippen molar-refractivity contribution in [2.24, 2.45) is 4.99 Å². The fourth-order valence-electron chi connectivity index (χ4n) is 3.08. The van der Waals surface area contributed by atoms with Crippen molar-refractivity contribution in [3.8, 4) is 5.69 Å². The molecule has 8 nitrogen and oxygen atoms in total. The zero-order valence-electron chi connectivity index (χ0n) is 17.3. The van der Waals surface area contributed by atoms with Crippen molar-refractivity contribution < 1.29 is 8.42 Å². The summed E-state index contributed by atoms with van der Waals surface area (Å²) in [6.07, 6.45) is 2.90. The second-order valence-corrected chi connectivity index (χ2v) is 8.86. The number of para-hydroxylation sites is 1. The minimum Gasteiger partial charge on any atom is -0.357 e. The van der Waals surface area contributed by atoms with Gasteiger partial charge in [-0.2, -0.15) is 0 Å². The van der Waals surface area contributed by atoms with E-state index < -0.39 is 9.84 Å². The molecule has 0 bridgehead atoms. The van der Waals surface area contributed by atoms with Gasteiger partial charge < -0.3 is 10.6 Å². The van der Waals surface area contributed by atoms with Crippen molar-refractivity contribution in [3.05, 3.63) is 71.8 Å². The van der Waals surface area contributed by atoms with Crippen molar-refractivity contribution in [3.63, 3.8) is 0 Å². The van der Waals surface area contributed by atoms with E-state index in [1.165, 1.54) is 6.26 Å². The fraction of sp³-hybridized carbons (Fsp3) is 0.286. The Morgan fingerprint density at radius 3 is 2.57 bits per heavy atom. The number of aliphatic imine (C=N–C) groups is 1. The van der Waals surface area contributed by atoms with E-state index in [-0.39, 0.29) is 0 Å². The highest BCUT2D eigenvalue weighted by Crippen LogP contribution is 2.17. The number of benzene rings is 2. The number of hydrogen-bond acceptors (Lipinski definition) is 5. The average molecular weight is 427 g/mol. The van der Waals surface area contributed by atoms with Crippen LogP contribution < -0.4 is 10.6 Å². The first-order valence-electron chi connectivity index (χ1n) is 9.64. The normalized spacial score (nSPS) is 12.0. The van der Waals surface area contributed by atoms with Gasteiger partial charge in [-0.3, -0.25) is 4.57 Å². The van der Waals surface area contributed by atoms with Gasteiger partial charge in [-0.25, -0.2) is 13.4 Å². The average Bonchev–Trinajstić information content (AvgIpc) is 3.18. The zero-order valence-corrected chi connectivity index (χ0v) is 18.1. The largest absolute Gasteiger partial charge is 0.357 e. The first kappa shape index (κ1) is 21.5. The molecule has 1 heterocycles. The molecule has 1 aromatic heterocycles. The van der Waals surface area contributed by atoms with Gasteiger partial charge in [-0.15, -0.1) is 10.2 Å². The van der Waals surface area contributed by atoms with Gasteiger partial charge in [0.05, 0.1) is 18.0 Å². The number of hydrogen-bond donors (Lipinski definition) is 2. The van der Waals surface area contributed by atoms with Gasteiger partial charge in [-0.1, -0.05) is 30.3 Å². The highest BCUT2D eigenvalue weighted by Gasteiger charge is 2.11. The number of nitrogens with zero attached hydrogens (tertiary/aromatic N) is 4. The number of sulfone groups is 1. The van der Waals surface area contributed by atoms with E-state index in [0.717, 1.165) is 22.6 Å². The SMILES string of the molecule is CCNC(=NCc1ccc(S(C)(=O)=O)c(C)c1)NCc1nncn1-c1ccccc1. The Bertz CT molecular complexity index is 1120. The highest BCUT2D eigenvalue weighted by molar-refractivity contribution is 7.90. The standard InChI is InChI=1S/C21H26N6O2S/c1-4-22-21(23-13-17-10-11-19(16(2)12-17)30(3,28)29)24-14-20-26-25-15-27(20)18-8-6-5-7-9-18/h5-12,15H,4,13-14H2,1-3H3,(H2,22,23,24). The Labute approximate surface area is 177 Å². The Kier molecular flexibility index (Phi) is 6.83. The molecule has 0 aliphatic rings. The molecule has 9 heteroatoms. The summed E-state index contributed by atoms with van der Waals surface area (Å²) in [5.41, 5.74) is 2.64. The number of aryl methyl sites for hydroxylation is 1. The maximum Gasteiger partial charge on any atom is 0.191 e. The minimum atomic E-state index is -3.23. The molecule has 0 unspecified atom stereocenters. The van der Waals surface area contributed by atoms with Crippen LogP contribution in [0.1, 0.15) is 23.9 Å². The van der Waals surface area contributed by atoms with E-state index >= 15 is 0 Å². The van der Waals surface area contributed by atoms with Crippen LogP contribution in [0.25, 0.3) is 5.69 Å². The van der Waals surface area contributed by atoms with Crippen LogP contribution in [-0.2, 0) is 22.9 Å². The van der Waals surface area contributed by atoms with Crippen molar-refractivity contribution in [2.45, 2.75) is 31.8 Å². The molecule has 0 amide bonds. The van der Waals surface area contributed by atoms with Gasteiger partial charge in [-0.05, 0) is 43.2 Å². The third kappa shape index (κ3) is 5.44. The van der Waals surface area contributed by atoms with Crippen LogP contribution >= 0.6 is 0 Å². The lowest BCUT2D eigenvalue weighted by Gasteiger charge is -2.12. The van der Waals surface area contributed by atoms with E-state index in [0.29, 0.717) is 30.5 Å². The monoisotopic (exact) mass is 426 g/mol. The van der Waals surface area contributed by atoms with E-state index in [4.69, 9.17) is 0 Å². The molecule has 2 aromatic carbocycles. The highest BCUT2D eigenvalue weighted by atomic mass is 32.2. The number of rotatable bonds is 7. The van der Waals surface area contributed by atoms with E-state index in [1.54, 1.807) is 25.4 Å². The van der Waals surface area contributed by atoms with Gasteiger partial charge >= 0.3 is 0 Å². The number of nitrogens with one attached hydrogen (secondary N) is 2. The molecule has 0 spiro atoms. The predicted molar refractivity (Wildman–Crippen MR) is 117 cm³/mol. The molecular weight excluding hydrogens is 400 g/mol. The van der Waals surface area contributed by atoms with E-state index in [1.807, 2.05) is 47.9 Å². The third-order valence-electron chi connectivity index (χ3n) is 4.47. The predicted octanol–water partition coefficient (Wildman–Crippen LogP) is 2.23. The van der Waals surface area contributed by atoms with Crippen molar-refractivity contribution in [1.82, 2.24) is 25.4 Å². The Hall–Kier alpha value is -3.20. The molecule has 0 aliphatic heterocycles. The maximum atomic E-state index is 11.8. The van der Waals surface area contributed by atoms with Crippen molar-refractivity contribution in [1.29, 1.82) is 0 Å². The van der Waals surface area contributed by atoms with Gasteiger partial charge in [0, 0.05) is 18.5 Å². The van der Waals surface area contributed by atoms with Crippen LogP contribution in [-0.4, -0.2) is 41.9 Å². The van der Waals surface area contributed by atoms with Crippen LogP contribution in [0.2, 0.25) is 0 Å². The molecule has 3 aromatic rings. The molecular formula is C21H26N6O2S. The lowest BCUT2D eigenvalue weighted by atomic mass is 10.1. The summed E-state index contributed by atoms with van der Waals surface area (Å²) >= 11 is 0. The van der Waals surface area contributed by atoms with Gasteiger partial charge in [0.2, 0.25) is 0 Å². The molecule has 0 fully saturated rings. The summed E-state index contributed by atoms with van der Waals surface area (Å²) in [6, 6.07) is 15.2. The first-order chi connectivity index (χ1) is 14.4. The second kappa shape index (κ2) is 9.53. The number of aromatic nitrogens is 3. The maximum absolute atomic E-state index is 11.8. The zero-order chi connectivity index (χ0) is 21.6. The summed E-state index contributed by atoms with van der Waals surface area (Å²) in [7, 11) is -3.23. The van der Waals surface area contributed by atoms with Gasteiger partial charge in [0.1, 0.15) is 6.33 Å². The molecule has 0 atom stereocenters. The first-order valence-corrected chi connectivity index (χ1v) is 11.5. The van der Waals surface area contributed by atoms with Crippen LogP contribution in [0.15, 0.2) is 64.7 Å². The molecule has 3 rings (SSSR count). The molecule has 0 saturated heterocycles. The molecule has 0 aliphatic carbocycles. The molecule has 0 saturated carbocycles. The van der Waals surface area contributed by atoms with Crippen LogP contribution in [0, 0.1) is 6.92 Å². The molecule has 30 heavy (non-hydrogen) atoms. The molecule has 158 valence electrons. The number of guanidine groups is 1. The lowest BCUT2D eigenvalue weighted by Crippen LogP contribution is -2.37. The third-order valence-corrected chi connectivity index (χ3v) is 5.73. The van der Waals surface area contributed by atoms with Crippen molar-refractivity contribution >= 4 is 15.8 Å². The molecule has 2 N–H and O–H groups in total. The Morgan fingerprint density at radius 1 is 1.13 bits per heavy atom. The molecule has 0 radical (unpaired) electrons. The second-order valence-electron chi connectivity index (χ2n) is 6.87. The van der Waals surface area contributed by atoms with Gasteiger partial charge in [0.15, 0.2) is 21.6 Å². The van der Waals surface area contributed by atoms with Crippen LogP contribution in [0.4, 0.5) is 0 Å². The quantitative estimate of drug-likeness (QED) is 0.444. The van der Waals surface area contributed by atoms with Crippen molar-refractivity contribution in [2.75, 3.05) is 12.8 Å². The Morgan fingerprint density at radius 2 is 1.90 bits per heavy atom. The Balaban J connectivity index is 1.71. The summed E-state index contributed by atoms with van der Waals surface area (Å²) in [4.78, 5) is 4.95. The fourth-order valence-corrected chi connectivity index (χ4v) is 4.04. The summed E-state index contributed by atoms with van der Waals surface area (Å²) in [5.74, 6) is 1.41. The van der Waals surface area contributed by atoms with E-state index in [9.17, 15) is 8.42 Å². The summed E-state index contributed by atoms with van der Waals surface area (Å²) in [5, 5.41) is 14.7.